The Balaban J connectivity index is 1.34. The molecule has 154 valence electrons. The van der Waals surface area contributed by atoms with E-state index >= 15 is 0 Å². The topological polar surface area (TPSA) is 54.8 Å². The van der Waals surface area contributed by atoms with E-state index < -0.39 is 0 Å². The van der Waals surface area contributed by atoms with Gasteiger partial charge in [-0.2, -0.15) is 0 Å². The molecular weight excluding hydrogens is 398 g/mol. The second-order valence-electron chi connectivity index (χ2n) is 7.75. The molecule has 0 unspecified atom stereocenters. The molecule has 7 heteroatoms. The monoisotopic (exact) mass is 421 g/mol. The lowest BCUT2D eigenvalue weighted by atomic mass is 10.0. The number of amides is 1. The van der Waals surface area contributed by atoms with Gasteiger partial charge in [0.25, 0.3) is 11.5 Å². The van der Waals surface area contributed by atoms with Gasteiger partial charge in [-0.25, -0.2) is 0 Å². The van der Waals surface area contributed by atoms with E-state index in [2.05, 4.69) is 16.3 Å². The molecule has 5 rings (SSSR count). The zero-order valence-corrected chi connectivity index (χ0v) is 17.6. The predicted octanol–water partition coefficient (Wildman–Crippen LogP) is 2.79. The van der Waals surface area contributed by atoms with Crippen LogP contribution in [0.2, 0.25) is 0 Å². The molecule has 0 N–H and O–H groups in total. The molecule has 2 aromatic heterocycles. The molecule has 1 saturated heterocycles. The maximum atomic E-state index is 13.2. The van der Waals surface area contributed by atoms with Gasteiger partial charge in [0, 0.05) is 55.0 Å². The van der Waals surface area contributed by atoms with Crippen LogP contribution in [-0.4, -0.2) is 53.1 Å². The highest BCUT2D eigenvalue weighted by atomic mass is 32.1. The van der Waals surface area contributed by atoms with Gasteiger partial charge in [-0.1, -0.05) is 18.2 Å². The summed E-state index contributed by atoms with van der Waals surface area (Å²) >= 11 is 1.84. The first-order valence-electron chi connectivity index (χ1n) is 10.1. The standard InChI is InChI=1S/C23H23N3O3S/c1-29-20-11-22(27)26(17-5-3-2-4-6-17)15-19(20)23(28)25-13-18(14-25)24-9-7-21-16(12-24)8-10-30-21/h2-6,8,10-11,15,18H,7,9,12-14H2,1H3. The molecule has 1 amide bonds. The predicted molar refractivity (Wildman–Crippen MR) is 117 cm³/mol. The molecule has 2 aliphatic heterocycles. The summed E-state index contributed by atoms with van der Waals surface area (Å²) in [6.07, 6.45) is 2.69. The summed E-state index contributed by atoms with van der Waals surface area (Å²) in [5, 5.41) is 2.17. The lowest BCUT2D eigenvalue weighted by molar-refractivity contribution is 0.0218. The lowest BCUT2D eigenvalue weighted by Crippen LogP contribution is -2.61. The largest absolute Gasteiger partial charge is 0.496 e. The van der Waals surface area contributed by atoms with Crippen LogP contribution in [0.1, 0.15) is 20.8 Å². The lowest BCUT2D eigenvalue weighted by Gasteiger charge is -2.46. The maximum absolute atomic E-state index is 13.2. The third kappa shape index (κ3) is 3.34. The summed E-state index contributed by atoms with van der Waals surface area (Å²) in [5.41, 5.74) is 2.34. The Labute approximate surface area is 178 Å². The smallest absolute Gasteiger partial charge is 0.259 e. The number of rotatable bonds is 4. The van der Waals surface area contributed by atoms with E-state index in [1.54, 1.807) is 6.20 Å². The van der Waals surface area contributed by atoms with Crippen molar-refractivity contribution in [3.8, 4) is 11.4 Å². The molecule has 30 heavy (non-hydrogen) atoms. The van der Waals surface area contributed by atoms with Gasteiger partial charge in [-0.15, -0.1) is 11.3 Å². The van der Waals surface area contributed by atoms with Crippen molar-refractivity contribution >= 4 is 17.2 Å². The van der Waals surface area contributed by atoms with Gasteiger partial charge in [0.05, 0.1) is 12.7 Å². The number of hydrogen-bond donors (Lipinski definition) is 0. The number of fused-ring (bicyclic) bond motifs is 1. The number of carbonyl (C=O) groups excluding carboxylic acids is 1. The van der Waals surface area contributed by atoms with Crippen LogP contribution in [0, 0.1) is 0 Å². The van der Waals surface area contributed by atoms with Crippen LogP contribution in [0.4, 0.5) is 0 Å². The number of nitrogens with zero attached hydrogens (tertiary/aromatic N) is 3. The molecule has 0 atom stereocenters. The minimum absolute atomic E-state index is 0.0963. The highest BCUT2D eigenvalue weighted by molar-refractivity contribution is 7.10. The highest BCUT2D eigenvalue weighted by Gasteiger charge is 2.37. The number of aromatic nitrogens is 1. The van der Waals surface area contributed by atoms with Crippen LogP contribution in [0.5, 0.6) is 5.75 Å². The van der Waals surface area contributed by atoms with Crippen molar-refractivity contribution in [2.75, 3.05) is 26.7 Å². The minimum Gasteiger partial charge on any atom is -0.496 e. The first-order chi connectivity index (χ1) is 14.6. The summed E-state index contributed by atoms with van der Waals surface area (Å²) in [5.74, 6) is 0.225. The van der Waals surface area contributed by atoms with E-state index in [1.807, 2.05) is 46.6 Å². The van der Waals surface area contributed by atoms with E-state index in [0.29, 0.717) is 30.4 Å². The molecule has 0 saturated carbocycles. The number of pyridine rings is 1. The molecule has 0 aliphatic carbocycles. The number of likely N-dealkylation sites (tertiary alicyclic amines) is 1. The number of hydrogen-bond acceptors (Lipinski definition) is 5. The number of thiophene rings is 1. The Kier molecular flexibility index (Phi) is 4.92. The zero-order chi connectivity index (χ0) is 20.7. The number of carbonyl (C=O) groups is 1. The van der Waals surface area contributed by atoms with Crippen molar-refractivity contribution in [2.24, 2.45) is 0 Å². The van der Waals surface area contributed by atoms with Gasteiger partial charge in [0.15, 0.2) is 0 Å². The third-order valence-corrected chi connectivity index (χ3v) is 7.03. The van der Waals surface area contributed by atoms with Crippen LogP contribution in [0.15, 0.2) is 58.8 Å². The maximum Gasteiger partial charge on any atom is 0.259 e. The first-order valence-corrected chi connectivity index (χ1v) is 11.0. The first kappa shape index (κ1) is 19.1. The van der Waals surface area contributed by atoms with Crippen molar-refractivity contribution in [3.63, 3.8) is 0 Å². The second-order valence-corrected chi connectivity index (χ2v) is 8.75. The number of methoxy groups -OCH3 is 1. The Morgan fingerprint density at radius 3 is 2.73 bits per heavy atom. The van der Waals surface area contributed by atoms with Gasteiger partial charge >= 0.3 is 0 Å². The Morgan fingerprint density at radius 2 is 1.97 bits per heavy atom. The van der Waals surface area contributed by atoms with E-state index in [9.17, 15) is 9.59 Å². The fourth-order valence-corrected chi connectivity index (χ4v) is 5.13. The fourth-order valence-electron chi connectivity index (χ4n) is 4.24. The van der Waals surface area contributed by atoms with Crippen LogP contribution in [0.3, 0.4) is 0 Å². The van der Waals surface area contributed by atoms with Crippen LogP contribution in [-0.2, 0) is 13.0 Å². The molecule has 1 aromatic carbocycles. The Morgan fingerprint density at radius 1 is 1.17 bits per heavy atom. The number of benzene rings is 1. The quantitative estimate of drug-likeness (QED) is 0.650. The van der Waals surface area contributed by atoms with E-state index in [0.717, 1.165) is 25.2 Å². The SMILES string of the molecule is COc1cc(=O)n(-c2ccccc2)cc1C(=O)N1CC(N2CCc3sccc3C2)C1. The molecule has 0 bridgehead atoms. The molecule has 4 heterocycles. The third-order valence-electron chi connectivity index (χ3n) is 6.00. The van der Waals surface area contributed by atoms with Gasteiger partial charge in [-0.3, -0.25) is 19.1 Å². The van der Waals surface area contributed by atoms with Crippen LogP contribution >= 0.6 is 11.3 Å². The molecule has 0 radical (unpaired) electrons. The highest BCUT2D eigenvalue weighted by Crippen LogP contribution is 2.29. The van der Waals surface area contributed by atoms with Crippen molar-refractivity contribution in [1.29, 1.82) is 0 Å². The van der Waals surface area contributed by atoms with Crippen molar-refractivity contribution < 1.29 is 9.53 Å². The minimum atomic E-state index is -0.226. The summed E-state index contributed by atoms with van der Waals surface area (Å²) in [6.45, 7) is 3.41. The summed E-state index contributed by atoms with van der Waals surface area (Å²) in [7, 11) is 1.49. The fraction of sp³-hybridized carbons (Fsp3) is 0.304. The van der Waals surface area contributed by atoms with Crippen molar-refractivity contribution in [1.82, 2.24) is 14.4 Å². The summed E-state index contributed by atoms with van der Waals surface area (Å²) < 4.78 is 6.86. The summed E-state index contributed by atoms with van der Waals surface area (Å²) in [4.78, 5) is 31.5. The summed E-state index contributed by atoms with van der Waals surface area (Å²) in [6, 6.07) is 13.3. The zero-order valence-electron chi connectivity index (χ0n) is 16.8. The molecular formula is C23H23N3O3S. The van der Waals surface area contributed by atoms with Gasteiger partial charge in [0.1, 0.15) is 5.75 Å². The average molecular weight is 422 g/mol. The second kappa shape index (κ2) is 7.74. The van der Waals surface area contributed by atoms with Gasteiger partial charge in [-0.05, 0) is 35.6 Å². The van der Waals surface area contributed by atoms with Crippen LogP contribution in [0.25, 0.3) is 5.69 Å². The van der Waals surface area contributed by atoms with E-state index in [-0.39, 0.29) is 11.5 Å². The van der Waals surface area contributed by atoms with Crippen molar-refractivity contribution in [2.45, 2.75) is 19.0 Å². The Bertz CT molecular complexity index is 1130. The number of ether oxygens (including phenoxy) is 1. The van der Waals surface area contributed by atoms with E-state index in [1.165, 1.54) is 28.2 Å². The van der Waals surface area contributed by atoms with Crippen molar-refractivity contribution in [3.05, 3.63) is 80.4 Å². The molecule has 0 spiro atoms. The Hall–Kier alpha value is -2.90. The normalized spacial score (nSPS) is 16.8. The van der Waals surface area contributed by atoms with Gasteiger partial charge in [0.2, 0.25) is 0 Å². The van der Waals surface area contributed by atoms with Crippen LogP contribution < -0.4 is 10.3 Å². The molecule has 3 aromatic rings. The average Bonchev–Trinajstić information content (AvgIpc) is 3.21. The number of para-hydroxylation sites is 1. The van der Waals surface area contributed by atoms with E-state index in [4.69, 9.17) is 4.74 Å². The molecule has 1 fully saturated rings. The van der Waals surface area contributed by atoms with Gasteiger partial charge < -0.3 is 9.64 Å². The molecule has 2 aliphatic rings. The molecule has 6 nitrogen and oxygen atoms in total.